The number of hydrogen-bond donors (Lipinski definition) is 3. The van der Waals surface area contributed by atoms with Gasteiger partial charge in [0.25, 0.3) is 5.91 Å². The van der Waals surface area contributed by atoms with Crippen molar-refractivity contribution in [2.45, 2.75) is 20.4 Å². The van der Waals surface area contributed by atoms with Crippen molar-refractivity contribution in [2.75, 3.05) is 44.2 Å². The fourth-order valence-corrected chi connectivity index (χ4v) is 3.58. The molecule has 5 N–H and O–H groups in total. The van der Waals surface area contributed by atoms with Crippen LogP contribution in [0.4, 0.5) is 11.5 Å². The van der Waals surface area contributed by atoms with Gasteiger partial charge in [0.2, 0.25) is 11.6 Å². The van der Waals surface area contributed by atoms with E-state index >= 15 is 0 Å². The fourth-order valence-electron chi connectivity index (χ4n) is 3.58. The molecule has 0 unspecified atom stereocenters. The number of nitrogen functional groups attached to an aromatic ring is 2. The standard InChI is InChI=1S/C20H27N11O2/c1-3-29-8-10-30(11-9-29)12-16-17(24-28-31(16)19-18(22)26-33-27-19)20(32)25-23-13(2)14-4-6-15(21)7-5-14/h4-7H,3,8-12,21H2,1-2H3,(H2,22,26)(H,25,32). The normalized spacial score (nSPS) is 15.6. The van der Waals surface area contributed by atoms with Gasteiger partial charge < -0.3 is 16.4 Å². The summed E-state index contributed by atoms with van der Waals surface area (Å²) in [6.07, 6.45) is 0. The molecule has 1 fully saturated rings. The number of anilines is 2. The zero-order valence-electron chi connectivity index (χ0n) is 18.6. The molecular weight excluding hydrogens is 426 g/mol. The number of nitrogens with zero attached hydrogens (tertiary/aromatic N) is 8. The second-order valence-corrected chi connectivity index (χ2v) is 7.74. The molecule has 3 aromatic rings. The van der Waals surface area contributed by atoms with Gasteiger partial charge >= 0.3 is 0 Å². The number of benzene rings is 1. The number of piperazine rings is 1. The Kier molecular flexibility index (Phi) is 6.60. The molecule has 13 nitrogen and oxygen atoms in total. The second-order valence-electron chi connectivity index (χ2n) is 7.74. The molecule has 13 heteroatoms. The van der Waals surface area contributed by atoms with Gasteiger partial charge in [-0.1, -0.05) is 24.3 Å². The van der Waals surface area contributed by atoms with Gasteiger partial charge in [-0.15, -0.1) is 5.10 Å². The van der Waals surface area contributed by atoms with Crippen molar-refractivity contribution < 1.29 is 9.42 Å². The van der Waals surface area contributed by atoms with Gasteiger partial charge in [-0.3, -0.25) is 9.69 Å². The Balaban J connectivity index is 1.57. The van der Waals surface area contributed by atoms with Gasteiger partial charge in [0, 0.05) is 38.4 Å². The number of carbonyl (C=O) groups is 1. The van der Waals surface area contributed by atoms with E-state index in [1.165, 1.54) is 4.68 Å². The van der Waals surface area contributed by atoms with E-state index in [4.69, 9.17) is 16.1 Å². The predicted molar refractivity (Wildman–Crippen MR) is 122 cm³/mol. The van der Waals surface area contributed by atoms with Crippen molar-refractivity contribution in [3.63, 3.8) is 0 Å². The summed E-state index contributed by atoms with van der Waals surface area (Å²) in [5.41, 5.74) is 16.9. The summed E-state index contributed by atoms with van der Waals surface area (Å²) in [6.45, 7) is 8.95. The van der Waals surface area contributed by atoms with E-state index in [9.17, 15) is 4.79 Å². The SMILES string of the molecule is CCN1CCN(Cc2c(C(=O)NN=C(C)c3ccc(N)cc3)nnn2-c2nonc2N)CC1. The smallest absolute Gasteiger partial charge is 0.293 e. The summed E-state index contributed by atoms with van der Waals surface area (Å²) in [5, 5.41) is 19.8. The average Bonchev–Trinajstić information content (AvgIpc) is 3.43. The monoisotopic (exact) mass is 453 g/mol. The van der Waals surface area contributed by atoms with Crippen LogP contribution in [0.2, 0.25) is 0 Å². The fraction of sp³-hybridized carbons (Fsp3) is 0.400. The van der Waals surface area contributed by atoms with Crippen molar-refractivity contribution in [3.8, 4) is 5.82 Å². The highest BCUT2D eigenvalue weighted by Gasteiger charge is 2.27. The zero-order valence-corrected chi connectivity index (χ0v) is 18.6. The minimum Gasteiger partial charge on any atom is -0.399 e. The summed E-state index contributed by atoms with van der Waals surface area (Å²) >= 11 is 0. The van der Waals surface area contributed by atoms with Crippen LogP contribution < -0.4 is 16.9 Å². The lowest BCUT2D eigenvalue weighted by atomic mass is 10.1. The quantitative estimate of drug-likeness (QED) is 0.253. The summed E-state index contributed by atoms with van der Waals surface area (Å²) in [5.74, 6) is -0.250. The number of aromatic nitrogens is 5. The third-order valence-corrected chi connectivity index (χ3v) is 5.61. The summed E-state index contributed by atoms with van der Waals surface area (Å²) in [6, 6.07) is 7.21. The number of carbonyl (C=O) groups excluding carboxylic acids is 1. The third-order valence-electron chi connectivity index (χ3n) is 5.61. The molecule has 174 valence electrons. The number of likely N-dealkylation sites (N-methyl/N-ethyl adjacent to an activating group) is 1. The number of rotatable bonds is 7. The van der Waals surface area contributed by atoms with Crippen LogP contribution >= 0.6 is 0 Å². The number of hydrogen-bond acceptors (Lipinski definition) is 11. The van der Waals surface area contributed by atoms with Crippen molar-refractivity contribution >= 4 is 23.1 Å². The van der Waals surface area contributed by atoms with Crippen molar-refractivity contribution in [3.05, 3.63) is 41.2 Å². The topological polar surface area (TPSA) is 170 Å². The van der Waals surface area contributed by atoms with Crippen LogP contribution in [-0.4, -0.2) is 79.4 Å². The first-order chi connectivity index (χ1) is 16.0. The third kappa shape index (κ3) is 4.99. The summed E-state index contributed by atoms with van der Waals surface area (Å²) in [7, 11) is 0. The molecular formula is C20H27N11O2. The number of amides is 1. The van der Waals surface area contributed by atoms with Gasteiger partial charge in [0.05, 0.1) is 11.4 Å². The molecule has 3 heterocycles. The predicted octanol–water partition coefficient (Wildman–Crippen LogP) is 0.106. The molecule has 4 rings (SSSR count). The van der Waals surface area contributed by atoms with Crippen molar-refractivity contribution in [1.29, 1.82) is 0 Å². The van der Waals surface area contributed by atoms with E-state index in [-0.39, 0.29) is 17.3 Å². The Morgan fingerprint density at radius 1 is 1.12 bits per heavy atom. The molecule has 1 aliphatic rings. The van der Waals surface area contributed by atoms with Crippen molar-refractivity contribution in [2.24, 2.45) is 5.10 Å². The van der Waals surface area contributed by atoms with Gasteiger partial charge in [0.15, 0.2) is 5.69 Å². The van der Waals surface area contributed by atoms with E-state index < -0.39 is 5.91 Å². The molecule has 1 aliphatic heterocycles. The molecule has 0 atom stereocenters. The molecule has 0 bridgehead atoms. The van der Waals surface area contributed by atoms with Gasteiger partial charge in [-0.25, -0.2) is 10.1 Å². The highest BCUT2D eigenvalue weighted by molar-refractivity contribution is 6.00. The lowest BCUT2D eigenvalue weighted by Crippen LogP contribution is -2.46. The zero-order chi connectivity index (χ0) is 23.4. The molecule has 0 saturated carbocycles. The lowest BCUT2D eigenvalue weighted by molar-refractivity contribution is 0.0944. The van der Waals surface area contributed by atoms with Crippen molar-refractivity contribution in [1.82, 2.24) is 40.5 Å². The Morgan fingerprint density at radius 2 is 1.82 bits per heavy atom. The average molecular weight is 454 g/mol. The largest absolute Gasteiger partial charge is 0.399 e. The van der Waals surface area contributed by atoms with Crippen LogP contribution in [0.25, 0.3) is 5.82 Å². The summed E-state index contributed by atoms with van der Waals surface area (Å²) < 4.78 is 6.11. The number of nitrogens with two attached hydrogens (primary N) is 2. The van der Waals surface area contributed by atoms with E-state index in [1.807, 2.05) is 12.1 Å². The van der Waals surface area contributed by atoms with Crippen LogP contribution in [0.15, 0.2) is 34.0 Å². The van der Waals surface area contributed by atoms with E-state index in [2.05, 4.69) is 47.9 Å². The van der Waals surface area contributed by atoms with Crippen LogP contribution in [-0.2, 0) is 6.54 Å². The van der Waals surface area contributed by atoms with Gasteiger partial charge in [0.1, 0.15) is 0 Å². The van der Waals surface area contributed by atoms with E-state index in [0.29, 0.717) is 23.6 Å². The van der Waals surface area contributed by atoms with E-state index in [1.54, 1.807) is 19.1 Å². The Bertz CT molecular complexity index is 1130. The first-order valence-electron chi connectivity index (χ1n) is 10.6. The van der Waals surface area contributed by atoms with Crippen LogP contribution in [0, 0.1) is 0 Å². The van der Waals surface area contributed by atoms with E-state index in [0.717, 1.165) is 38.3 Å². The number of nitrogens with one attached hydrogen (secondary N) is 1. The minimum atomic E-state index is -0.492. The molecule has 0 spiro atoms. The highest BCUT2D eigenvalue weighted by Crippen LogP contribution is 2.18. The molecule has 33 heavy (non-hydrogen) atoms. The molecule has 2 aromatic heterocycles. The molecule has 0 aliphatic carbocycles. The first-order valence-corrected chi connectivity index (χ1v) is 10.6. The van der Waals surface area contributed by atoms with Crippen LogP contribution in [0.5, 0.6) is 0 Å². The Labute approximate surface area is 190 Å². The minimum absolute atomic E-state index is 0.0566. The second kappa shape index (κ2) is 9.75. The van der Waals surface area contributed by atoms with Crippen LogP contribution in [0.3, 0.4) is 0 Å². The first kappa shape index (κ1) is 22.4. The maximum atomic E-state index is 13.0. The highest BCUT2D eigenvalue weighted by atomic mass is 16.6. The van der Waals surface area contributed by atoms with Gasteiger partial charge in [-0.05, 0) is 41.5 Å². The molecule has 1 saturated heterocycles. The number of hydrazone groups is 1. The lowest BCUT2D eigenvalue weighted by Gasteiger charge is -2.33. The summed E-state index contributed by atoms with van der Waals surface area (Å²) in [4.78, 5) is 17.6. The molecule has 1 amide bonds. The Hall–Kier alpha value is -3.84. The molecule has 0 radical (unpaired) electrons. The van der Waals surface area contributed by atoms with Gasteiger partial charge in [-0.2, -0.15) is 9.78 Å². The maximum Gasteiger partial charge on any atom is 0.293 e. The molecule has 1 aromatic carbocycles. The van der Waals surface area contributed by atoms with Crippen LogP contribution in [0.1, 0.15) is 35.6 Å². The Morgan fingerprint density at radius 3 is 2.45 bits per heavy atom. The maximum absolute atomic E-state index is 13.0.